The molecule has 1 rings (SSSR count). The van der Waals surface area contributed by atoms with Gasteiger partial charge >= 0.3 is 6.36 Å². The number of hydrogen-bond donors (Lipinski definition) is 0. The highest BCUT2D eigenvalue weighted by Gasteiger charge is 2.31. The Morgan fingerprint density at radius 1 is 1.23 bits per heavy atom. The van der Waals surface area contributed by atoms with E-state index >= 15 is 0 Å². The van der Waals surface area contributed by atoms with Crippen LogP contribution in [0.15, 0.2) is 18.2 Å². The summed E-state index contributed by atoms with van der Waals surface area (Å²) in [6.07, 6.45) is -4.82. The zero-order valence-electron chi connectivity index (χ0n) is 6.03. The number of benzene rings is 1. The van der Waals surface area contributed by atoms with Gasteiger partial charge in [0.15, 0.2) is 0 Å². The molecule has 1 nitrogen and oxygen atoms in total. The predicted octanol–water partition coefficient (Wildman–Crippen LogP) is 3.38. The Kier molecular flexibility index (Phi) is 2.66. The van der Waals surface area contributed by atoms with Crippen molar-refractivity contribution in [3.8, 4) is 5.75 Å². The van der Waals surface area contributed by atoms with Gasteiger partial charge in [0.2, 0.25) is 0 Å². The Morgan fingerprint density at radius 2 is 1.85 bits per heavy atom. The summed E-state index contributed by atoms with van der Waals surface area (Å²) < 4.78 is 50.8. The van der Waals surface area contributed by atoms with Crippen LogP contribution in [0.5, 0.6) is 5.75 Å². The fourth-order valence-electron chi connectivity index (χ4n) is 0.683. The topological polar surface area (TPSA) is 9.23 Å². The third-order valence-corrected chi connectivity index (χ3v) is 1.41. The fourth-order valence-corrected chi connectivity index (χ4v) is 0.888. The smallest absolute Gasteiger partial charge is 0.404 e. The zero-order valence-corrected chi connectivity index (χ0v) is 6.79. The maximum absolute atomic E-state index is 12.4. The third kappa shape index (κ3) is 3.10. The van der Waals surface area contributed by atoms with Crippen LogP contribution in [0, 0.1) is 5.82 Å². The van der Waals surface area contributed by atoms with Crippen LogP contribution < -0.4 is 4.74 Å². The second-order valence-electron chi connectivity index (χ2n) is 2.12. The van der Waals surface area contributed by atoms with Gasteiger partial charge in [-0.15, -0.1) is 13.2 Å². The largest absolute Gasteiger partial charge is 0.573 e. The van der Waals surface area contributed by atoms with Crippen LogP contribution in [0.1, 0.15) is 0 Å². The highest BCUT2D eigenvalue weighted by molar-refractivity contribution is 6.32. The van der Waals surface area contributed by atoms with E-state index in [4.69, 9.17) is 11.6 Å². The minimum Gasteiger partial charge on any atom is -0.404 e. The van der Waals surface area contributed by atoms with Crippen LogP contribution in [0.2, 0.25) is 5.02 Å². The van der Waals surface area contributed by atoms with Crippen LogP contribution in [0.4, 0.5) is 17.6 Å². The molecule has 0 aliphatic rings. The molecule has 0 radical (unpaired) electrons. The first kappa shape index (κ1) is 10.1. The van der Waals surface area contributed by atoms with Crippen LogP contribution in [0.25, 0.3) is 0 Å². The molecule has 1 aromatic rings. The molecule has 0 N–H and O–H groups in total. The molecule has 0 saturated carbocycles. The van der Waals surface area contributed by atoms with Gasteiger partial charge in [-0.3, -0.25) is 0 Å². The first-order valence-corrected chi connectivity index (χ1v) is 3.47. The second kappa shape index (κ2) is 3.41. The molecule has 0 aliphatic carbocycles. The van der Waals surface area contributed by atoms with E-state index in [-0.39, 0.29) is 0 Å². The van der Waals surface area contributed by atoms with Crippen molar-refractivity contribution in [3.63, 3.8) is 0 Å². The molecule has 72 valence electrons. The van der Waals surface area contributed by atoms with Gasteiger partial charge in [-0.2, -0.15) is 0 Å². The van der Waals surface area contributed by atoms with E-state index in [1.807, 2.05) is 0 Å². The maximum Gasteiger partial charge on any atom is 0.573 e. The number of rotatable bonds is 1. The second-order valence-corrected chi connectivity index (χ2v) is 2.53. The van der Waals surface area contributed by atoms with Crippen molar-refractivity contribution < 1.29 is 22.3 Å². The average molecular weight is 215 g/mol. The van der Waals surface area contributed by atoms with E-state index in [1.165, 1.54) is 0 Å². The lowest BCUT2D eigenvalue weighted by Crippen LogP contribution is -2.17. The van der Waals surface area contributed by atoms with Gasteiger partial charge in [0.25, 0.3) is 0 Å². The summed E-state index contributed by atoms with van der Waals surface area (Å²) in [5.41, 5.74) is 0. The molecular formula is C7H3ClF4O. The first-order chi connectivity index (χ1) is 5.88. The summed E-state index contributed by atoms with van der Waals surface area (Å²) in [5, 5.41) is -0.419. The Balaban J connectivity index is 2.90. The summed E-state index contributed by atoms with van der Waals surface area (Å²) >= 11 is 5.27. The Bertz CT molecular complexity index is 310. The number of alkyl halides is 3. The molecule has 0 unspecified atom stereocenters. The van der Waals surface area contributed by atoms with Crippen LogP contribution in [-0.2, 0) is 0 Å². The van der Waals surface area contributed by atoms with Gasteiger partial charge < -0.3 is 4.74 Å². The van der Waals surface area contributed by atoms with E-state index in [1.54, 1.807) is 0 Å². The fraction of sp³-hybridized carbons (Fsp3) is 0.143. The van der Waals surface area contributed by atoms with Crippen LogP contribution in [-0.4, -0.2) is 6.36 Å². The molecule has 0 amide bonds. The average Bonchev–Trinajstić information content (AvgIpc) is 1.93. The summed E-state index contributed by atoms with van der Waals surface area (Å²) in [6.45, 7) is 0. The molecule has 6 heteroatoms. The summed E-state index contributed by atoms with van der Waals surface area (Å²) in [7, 11) is 0. The van der Waals surface area contributed by atoms with Gasteiger partial charge in [0, 0.05) is 0 Å². The molecule has 0 saturated heterocycles. The predicted molar refractivity (Wildman–Crippen MR) is 38.1 cm³/mol. The Morgan fingerprint density at radius 3 is 2.31 bits per heavy atom. The van der Waals surface area contributed by atoms with Gasteiger partial charge in [0.05, 0.1) is 5.02 Å². The number of halogens is 5. The molecule has 0 aliphatic heterocycles. The summed E-state index contributed by atoms with van der Waals surface area (Å²) in [6, 6.07) is 2.38. The van der Waals surface area contributed by atoms with Gasteiger partial charge in [-0.25, -0.2) is 4.39 Å². The Hall–Kier alpha value is -0.970. The molecule has 0 spiro atoms. The lowest BCUT2D eigenvalue weighted by Gasteiger charge is -2.09. The van der Waals surface area contributed by atoms with E-state index in [0.29, 0.717) is 0 Å². The highest BCUT2D eigenvalue weighted by atomic mass is 35.5. The van der Waals surface area contributed by atoms with Gasteiger partial charge in [-0.05, 0) is 18.2 Å². The molecule has 13 heavy (non-hydrogen) atoms. The minimum atomic E-state index is -4.82. The van der Waals surface area contributed by atoms with Crippen molar-refractivity contribution in [2.75, 3.05) is 0 Å². The Labute approximate surface area is 75.9 Å². The van der Waals surface area contributed by atoms with Crippen LogP contribution >= 0.6 is 11.6 Å². The van der Waals surface area contributed by atoms with E-state index in [0.717, 1.165) is 18.2 Å². The SMILES string of the molecule is Fc1ccc(OC(F)(F)F)c(Cl)c1. The standard InChI is InChI=1S/C7H3ClF4O/c8-5-3-4(9)1-2-6(5)13-7(10,11)12/h1-3H. The molecule has 0 heterocycles. The van der Waals surface area contributed by atoms with Gasteiger partial charge in [0.1, 0.15) is 11.6 Å². The lowest BCUT2D eigenvalue weighted by molar-refractivity contribution is -0.274. The molecule has 0 atom stereocenters. The van der Waals surface area contributed by atoms with E-state index in [2.05, 4.69) is 4.74 Å². The number of ether oxygens (including phenoxy) is 1. The quantitative estimate of drug-likeness (QED) is 0.651. The lowest BCUT2D eigenvalue weighted by atomic mass is 10.3. The minimum absolute atomic E-state index is 0.419. The molecular weight excluding hydrogens is 212 g/mol. The van der Waals surface area contributed by atoms with Crippen molar-refractivity contribution in [2.24, 2.45) is 0 Å². The van der Waals surface area contributed by atoms with Crippen LogP contribution in [0.3, 0.4) is 0 Å². The monoisotopic (exact) mass is 214 g/mol. The molecule has 0 bridgehead atoms. The van der Waals surface area contributed by atoms with E-state index < -0.39 is 23.0 Å². The molecule has 0 fully saturated rings. The summed E-state index contributed by atoms with van der Waals surface area (Å²) in [5.74, 6) is -1.34. The van der Waals surface area contributed by atoms with Crippen molar-refractivity contribution >= 4 is 11.6 Å². The maximum atomic E-state index is 12.4. The van der Waals surface area contributed by atoms with E-state index in [9.17, 15) is 17.6 Å². The van der Waals surface area contributed by atoms with Gasteiger partial charge in [-0.1, -0.05) is 11.6 Å². The van der Waals surface area contributed by atoms with Crippen molar-refractivity contribution in [1.82, 2.24) is 0 Å². The first-order valence-electron chi connectivity index (χ1n) is 3.09. The number of hydrogen-bond acceptors (Lipinski definition) is 1. The molecule has 1 aromatic carbocycles. The summed E-state index contributed by atoms with van der Waals surface area (Å²) in [4.78, 5) is 0. The highest BCUT2D eigenvalue weighted by Crippen LogP contribution is 2.30. The molecule has 0 aromatic heterocycles. The van der Waals surface area contributed by atoms with Crippen molar-refractivity contribution in [2.45, 2.75) is 6.36 Å². The third-order valence-electron chi connectivity index (χ3n) is 1.12. The normalized spacial score (nSPS) is 11.5. The van der Waals surface area contributed by atoms with Crippen molar-refractivity contribution in [3.05, 3.63) is 29.0 Å². The zero-order chi connectivity index (χ0) is 10.1. The van der Waals surface area contributed by atoms with Crippen molar-refractivity contribution in [1.29, 1.82) is 0 Å².